The van der Waals surface area contributed by atoms with Crippen molar-refractivity contribution in [2.75, 3.05) is 13.1 Å². The highest BCUT2D eigenvalue weighted by molar-refractivity contribution is 6.30. The number of piperidine rings is 1. The first kappa shape index (κ1) is 23.6. The van der Waals surface area contributed by atoms with E-state index in [1.807, 2.05) is 4.90 Å². The monoisotopic (exact) mass is 479 g/mol. The summed E-state index contributed by atoms with van der Waals surface area (Å²) < 4.78 is 45.0. The van der Waals surface area contributed by atoms with Gasteiger partial charge in [-0.2, -0.15) is 13.2 Å². The molecule has 0 aliphatic carbocycles. The van der Waals surface area contributed by atoms with Crippen molar-refractivity contribution in [1.82, 2.24) is 14.6 Å². The quantitative estimate of drug-likeness (QED) is 0.471. The first-order valence-electron chi connectivity index (χ1n) is 10.5. The molecule has 1 aromatic heterocycles. The van der Waals surface area contributed by atoms with E-state index in [1.54, 1.807) is 6.92 Å². The maximum absolute atomic E-state index is 13.2. The lowest BCUT2D eigenvalue weighted by Gasteiger charge is -2.35. The van der Waals surface area contributed by atoms with Crippen molar-refractivity contribution >= 4 is 17.7 Å². The average molecular weight is 479 g/mol. The predicted octanol–water partition coefficient (Wildman–Crippen LogP) is 1.72. The number of likely N-dealkylation sites (tertiary alicyclic amines) is 1. The molecule has 0 saturated carbocycles. The molecule has 1 saturated heterocycles. The third-order valence-corrected chi connectivity index (χ3v) is 6.04. The average Bonchev–Trinajstić information content (AvgIpc) is 2.91. The fraction of sp³-hybridized carbons (Fsp3) is 0.409. The fourth-order valence-corrected chi connectivity index (χ4v) is 4.18. The minimum Gasteiger partial charge on any atom is -0.397 e. The molecule has 9 nitrogen and oxygen atoms in total. The Hall–Kier alpha value is -3.54. The third-order valence-electron chi connectivity index (χ3n) is 6.04. The summed E-state index contributed by atoms with van der Waals surface area (Å²) in [7, 11) is 0. The van der Waals surface area contributed by atoms with Crippen LogP contribution in [-0.2, 0) is 27.0 Å². The Kier molecular flexibility index (Phi) is 6.26. The first-order chi connectivity index (χ1) is 16.0. The number of nitrogens with zero attached hydrogens (tertiary/aromatic N) is 3. The van der Waals surface area contributed by atoms with E-state index in [2.05, 4.69) is 9.82 Å². The van der Waals surface area contributed by atoms with Gasteiger partial charge >= 0.3 is 23.7 Å². The van der Waals surface area contributed by atoms with Gasteiger partial charge in [0.2, 0.25) is 5.88 Å². The van der Waals surface area contributed by atoms with E-state index in [4.69, 9.17) is 4.74 Å². The third kappa shape index (κ3) is 4.72. The van der Waals surface area contributed by atoms with Crippen molar-refractivity contribution in [2.45, 2.75) is 38.4 Å². The number of Topliss-reactive ketones (excluding diaryl/α,β-unsaturated/α-hetero) is 1. The number of hydrogen-bond donors (Lipinski definition) is 0. The molecule has 1 unspecified atom stereocenters. The molecule has 2 aliphatic rings. The number of ether oxygens (including phenoxy) is 1. The van der Waals surface area contributed by atoms with E-state index < -0.39 is 41.2 Å². The number of rotatable bonds is 5. The van der Waals surface area contributed by atoms with E-state index in [1.165, 1.54) is 18.2 Å². The number of aromatic nitrogens is 2. The number of hydrogen-bond acceptors (Lipinski definition) is 8. The normalized spacial score (nSPS) is 18.1. The van der Waals surface area contributed by atoms with Crippen molar-refractivity contribution in [3.63, 3.8) is 0 Å². The van der Waals surface area contributed by atoms with Crippen LogP contribution in [0.15, 0.2) is 35.3 Å². The molecule has 2 aliphatic heterocycles. The molecule has 0 amide bonds. The van der Waals surface area contributed by atoms with Crippen LogP contribution in [0.3, 0.4) is 0 Å². The largest absolute Gasteiger partial charge is 0.442 e. The Labute approximate surface area is 191 Å². The van der Waals surface area contributed by atoms with E-state index in [9.17, 15) is 32.3 Å². The lowest BCUT2D eigenvalue weighted by molar-refractivity contribution is -0.161. The maximum atomic E-state index is 13.2. The second-order valence-electron chi connectivity index (χ2n) is 8.15. The summed E-state index contributed by atoms with van der Waals surface area (Å²) in [6.45, 7) is 2.48. The number of benzene rings is 1. The van der Waals surface area contributed by atoms with Crippen molar-refractivity contribution < 1.29 is 37.1 Å². The number of alkyl halides is 3. The van der Waals surface area contributed by atoms with Crippen LogP contribution in [0.4, 0.5) is 13.2 Å². The highest BCUT2D eigenvalue weighted by Crippen LogP contribution is 2.33. The van der Waals surface area contributed by atoms with E-state index in [0.29, 0.717) is 30.7 Å². The topological polar surface area (TPSA) is 108 Å². The Morgan fingerprint density at radius 1 is 1.15 bits per heavy atom. The summed E-state index contributed by atoms with van der Waals surface area (Å²) in [6.07, 6.45) is -3.05. The second kappa shape index (κ2) is 9.01. The lowest BCUT2D eigenvalue weighted by Crippen LogP contribution is -2.41. The van der Waals surface area contributed by atoms with Crippen LogP contribution in [0, 0.1) is 5.92 Å². The Balaban J connectivity index is 1.43. The van der Waals surface area contributed by atoms with Gasteiger partial charge in [-0.15, -0.1) is 4.73 Å². The molecular formula is C22H20F3N3O6. The van der Waals surface area contributed by atoms with Crippen molar-refractivity contribution in [1.29, 1.82) is 0 Å². The molecule has 0 radical (unpaired) electrons. The van der Waals surface area contributed by atoms with Crippen LogP contribution >= 0.6 is 0 Å². The van der Waals surface area contributed by atoms with Gasteiger partial charge in [-0.3, -0.25) is 14.5 Å². The number of fused-ring (bicyclic) bond motifs is 2. The van der Waals surface area contributed by atoms with Gasteiger partial charge in [0.1, 0.15) is 17.7 Å². The van der Waals surface area contributed by atoms with Crippen LogP contribution in [0.25, 0.3) is 0 Å². The molecule has 12 heteroatoms. The summed E-state index contributed by atoms with van der Waals surface area (Å²) in [5.41, 5.74) is -1.60. The standard InChI is InChI=1S/C22H20F3N3O6/c1-12(18-19(30)28-11-17(26-18)33-20(31)21(32)34-28)27-8-6-13(7-9-27)16(29)10-14-4-2-3-5-15(14)22(23,24)25/h2-5,11-13H,6-10H2,1H3. The Bertz CT molecular complexity index is 1200. The fourth-order valence-electron chi connectivity index (χ4n) is 4.18. The van der Waals surface area contributed by atoms with Gasteiger partial charge in [0, 0.05) is 12.3 Å². The van der Waals surface area contributed by atoms with E-state index in [-0.39, 0.29) is 29.3 Å². The molecule has 1 fully saturated rings. The number of esters is 1. The highest BCUT2D eigenvalue weighted by atomic mass is 19.4. The molecule has 4 rings (SSSR count). The molecule has 3 heterocycles. The zero-order valence-corrected chi connectivity index (χ0v) is 18.0. The van der Waals surface area contributed by atoms with Crippen LogP contribution < -0.4 is 15.1 Å². The van der Waals surface area contributed by atoms with E-state index in [0.717, 1.165) is 12.3 Å². The van der Waals surface area contributed by atoms with Gasteiger partial charge in [0.05, 0.1) is 11.6 Å². The molecule has 2 aromatic rings. The zero-order chi connectivity index (χ0) is 24.6. The molecule has 180 valence electrons. The summed E-state index contributed by atoms with van der Waals surface area (Å²) >= 11 is 0. The van der Waals surface area contributed by atoms with Gasteiger partial charge in [-0.25, -0.2) is 14.6 Å². The van der Waals surface area contributed by atoms with Gasteiger partial charge in [-0.1, -0.05) is 18.2 Å². The molecule has 1 aromatic carbocycles. The summed E-state index contributed by atoms with van der Waals surface area (Å²) in [6, 6.07) is 4.48. The minimum absolute atomic E-state index is 0.0103. The number of carbonyl (C=O) groups excluding carboxylic acids is 3. The van der Waals surface area contributed by atoms with E-state index >= 15 is 0 Å². The van der Waals surface area contributed by atoms with Crippen LogP contribution in [0.5, 0.6) is 5.88 Å². The van der Waals surface area contributed by atoms with Gasteiger partial charge < -0.3 is 9.57 Å². The first-order valence-corrected chi connectivity index (χ1v) is 10.5. The van der Waals surface area contributed by atoms with Gasteiger partial charge in [0.25, 0.3) is 0 Å². The highest BCUT2D eigenvalue weighted by Gasteiger charge is 2.35. The number of halogens is 3. The summed E-state index contributed by atoms with van der Waals surface area (Å²) in [5.74, 6) is -3.59. The van der Waals surface area contributed by atoms with Crippen molar-refractivity contribution in [2.24, 2.45) is 5.92 Å². The molecule has 2 bridgehead atoms. The number of carbonyl (C=O) groups is 3. The zero-order valence-electron chi connectivity index (χ0n) is 18.0. The van der Waals surface area contributed by atoms with Crippen LogP contribution in [0.1, 0.15) is 42.6 Å². The molecule has 1 atom stereocenters. The lowest BCUT2D eigenvalue weighted by atomic mass is 9.87. The van der Waals surface area contributed by atoms with Crippen LogP contribution in [-0.4, -0.2) is 45.4 Å². The SMILES string of the molecule is CC(c1nc2cn(c1=O)OC(=O)C(=O)O2)N1CCC(C(=O)Cc2ccccc2C(F)(F)F)CC1. The smallest absolute Gasteiger partial charge is 0.397 e. The Morgan fingerprint density at radius 2 is 1.82 bits per heavy atom. The second-order valence-corrected chi connectivity index (χ2v) is 8.15. The van der Waals surface area contributed by atoms with Crippen molar-refractivity contribution in [3.8, 4) is 5.88 Å². The summed E-state index contributed by atoms with van der Waals surface area (Å²) in [5, 5.41) is 0. The molecular weight excluding hydrogens is 459 g/mol. The predicted molar refractivity (Wildman–Crippen MR) is 109 cm³/mol. The Morgan fingerprint density at radius 3 is 2.50 bits per heavy atom. The summed E-state index contributed by atoms with van der Waals surface area (Å²) in [4.78, 5) is 59.0. The molecule has 0 spiro atoms. The maximum Gasteiger partial charge on any atom is 0.442 e. The van der Waals surface area contributed by atoms with Crippen LogP contribution in [0.2, 0.25) is 0 Å². The number of ketones is 1. The van der Waals surface area contributed by atoms with Crippen molar-refractivity contribution in [3.05, 3.63) is 57.6 Å². The minimum atomic E-state index is -4.53. The van der Waals surface area contributed by atoms with Gasteiger partial charge in [-0.05, 0) is 44.5 Å². The van der Waals surface area contributed by atoms with Gasteiger partial charge in [0.15, 0.2) is 0 Å². The molecule has 34 heavy (non-hydrogen) atoms. The molecule has 0 N–H and O–H groups in total.